The average molecular weight is 201 g/mol. The average Bonchev–Trinajstić information content (AvgIpc) is 2.66. The van der Waals surface area contributed by atoms with Gasteiger partial charge in [-0.2, -0.15) is 4.98 Å². The summed E-state index contributed by atoms with van der Waals surface area (Å²) in [6.45, 7) is 1.83. The number of aliphatic hydroxyl groups is 1. The van der Waals surface area contributed by atoms with E-state index in [0.717, 1.165) is 0 Å². The number of carbonyl (C=O) groups is 1. The molecule has 0 aliphatic heterocycles. The maximum absolute atomic E-state index is 11.0. The van der Waals surface area contributed by atoms with Gasteiger partial charge in [0.2, 0.25) is 0 Å². The lowest BCUT2D eigenvalue weighted by atomic mass is 10.4. The number of aromatic nitrogens is 2. The number of ether oxygens (including phenoxy) is 1. The van der Waals surface area contributed by atoms with Crippen molar-refractivity contribution in [1.29, 1.82) is 0 Å². The summed E-state index contributed by atoms with van der Waals surface area (Å²) < 4.78 is 9.21. The first-order chi connectivity index (χ1) is 6.69. The molecule has 0 amide bonds. The van der Waals surface area contributed by atoms with Gasteiger partial charge in [0.25, 0.3) is 11.7 Å². The van der Waals surface area contributed by atoms with Crippen LogP contribution in [-0.4, -0.2) is 34.4 Å². The van der Waals surface area contributed by atoms with Gasteiger partial charge in [-0.15, -0.1) is 0 Å². The van der Waals surface area contributed by atoms with Crippen LogP contribution in [0.1, 0.15) is 29.5 Å². The van der Waals surface area contributed by atoms with E-state index in [9.17, 15) is 9.90 Å². The van der Waals surface area contributed by atoms with Crippen LogP contribution in [0.5, 0.6) is 0 Å². The van der Waals surface area contributed by atoms with Gasteiger partial charge in [0.1, 0.15) is 6.10 Å². The van der Waals surface area contributed by atoms with Gasteiger partial charge < -0.3 is 20.1 Å². The molecule has 0 bridgehead atoms. The fourth-order valence-electron chi connectivity index (χ4n) is 0.750. The van der Waals surface area contributed by atoms with Crippen molar-refractivity contribution in [2.24, 2.45) is 5.73 Å². The normalized spacial score (nSPS) is 12.5. The molecule has 3 N–H and O–H groups in total. The van der Waals surface area contributed by atoms with E-state index in [1.54, 1.807) is 6.92 Å². The number of carbonyl (C=O) groups excluding carboxylic acids is 1. The Morgan fingerprint density at radius 3 is 3.07 bits per heavy atom. The number of esters is 1. The molecule has 1 unspecified atom stereocenters. The van der Waals surface area contributed by atoms with Crippen molar-refractivity contribution in [1.82, 2.24) is 10.1 Å². The molecule has 0 aliphatic rings. The Morgan fingerprint density at radius 2 is 2.50 bits per heavy atom. The molecule has 1 rings (SSSR count). The van der Waals surface area contributed by atoms with Crippen molar-refractivity contribution in [3.63, 3.8) is 0 Å². The largest absolute Gasteiger partial charge is 0.460 e. The molecule has 0 radical (unpaired) electrons. The Kier molecular flexibility index (Phi) is 3.55. The summed E-state index contributed by atoms with van der Waals surface area (Å²) in [6, 6.07) is 0. The second kappa shape index (κ2) is 4.68. The van der Waals surface area contributed by atoms with Gasteiger partial charge in [0.05, 0.1) is 6.61 Å². The molecule has 7 nitrogen and oxygen atoms in total. The van der Waals surface area contributed by atoms with Gasteiger partial charge >= 0.3 is 5.97 Å². The zero-order valence-electron chi connectivity index (χ0n) is 7.64. The van der Waals surface area contributed by atoms with E-state index < -0.39 is 12.1 Å². The third-order valence-electron chi connectivity index (χ3n) is 1.41. The van der Waals surface area contributed by atoms with Crippen molar-refractivity contribution in [3.05, 3.63) is 11.7 Å². The van der Waals surface area contributed by atoms with E-state index in [4.69, 9.17) is 5.73 Å². The topological polar surface area (TPSA) is 111 Å². The van der Waals surface area contributed by atoms with Crippen LogP contribution in [0.25, 0.3) is 0 Å². The summed E-state index contributed by atoms with van der Waals surface area (Å²) in [5.41, 5.74) is 5.15. The van der Waals surface area contributed by atoms with Crippen molar-refractivity contribution in [2.75, 3.05) is 13.2 Å². The molecule has 1 atom stereocenters. The lowest BCUT2D eigenvalue weighted by Gasteiger charge is -1.98. The highest BCUT2D eigenvalue weighted by Crippen LogP contribution is 2.08. The van der Waals surface area contributed by atoms with Crippen LogP contribution in [0.3, 0.4) is 0 Å². The number of nitrogens with two attached hydrogens (primary N) is 1. The molecule has 0 saturated heterocycles. The zero-order chi connectivity index (χ0) is 10.6. The SMILES string of the molecule is CCOC(=O)c1noc(C(O)CN)n1. The minimum absolute atomic E-state index is 0.0511. The smallest absolute Gasteiger partial charge is 0.379 e. The van der Waals surface area contributed by atoms with Gasteiger partial charge in [-0.05, 0) is 12.1 Å². The van der Waals surface area contributed by atoms with Crippen LogP contribution in [0.4, 0.5) is 0 Å². The van der Waals surface area contributed by atoms with E-state index >= 15 is 0 Å². The molecular formula is C7H11N3O4. The summed E-state index contributed by atoms with van der Waals surface area (Å²) in [5, 5.41) is 12.5. The Hall–Kier alpha value is -1.47. The molecular weight excluding hydrogens is 190 g/mol. The second-order valence-corrected chi connectivity index (χ2v) is 2.43. The molecule has 0 saturated carbocycles. The monoisotopic (exact) mass is 201 g/mol. The number of nitrogens with zero attached hydrogens (tertiary/aromatic N) is 2. The number of rotatable bonds is 4. The minimum Gasteiger partial charge on any atom is -0.460 e. The number of aliphatic hydroxyl groups excluding tert-OH is 1. The fourth-order valence-corrected chi connectivity index (χ4v) is 0.750. The molecule has 0 fully saturated rings. The predicted molar refractivity (Wildman–Crippen MR) is 44.3 cm³/mol. The van der Waals surface area contributed by atoms with Crippen LogP contribution in [-0.2, 0) is 4.74 Å². The quantitative estimate of drug-likeness (QED) is 0.615. The number of hydrogen-bond donors (Lipinski definition) is 2. The highest BCUT2D eigenvalue weighted by atomic mass is 16.5. The summed E-state index contributed by atoms with van der Waals surface area (Å²) in [7, 11) is 0. The van der Waals surface area contributed by atoms with Gasteiger partial charge in [0.15, 0.2) is 0 Å². The van der Waals surface area contributed by atoms with Crippen LogP contribution in [0.15, 0.2) is 4.52 Å². The van der Waals surface area contributed by atoms with Crippen molar-refractivity contribution >= 4 is 5.97 Å². The third kappa shape index (κ3) is 2.27. The van der Waals surface area contributed by atoms with Gasteiger partial charge in [0, 0.05) is 6.54 Å². The molecule has 78 valence electrons. The van der Waals surface area contributed by atoms with Gasteiger partial charge in [-0.1, -0.05) is 0 Å². The zero-order valence-corrected chi connectivity index (χ0v) is 7.64. The van der Waals surface area contributed by atoms with Crippen molar-refractivity contribution < 1.29 is 19.2 Å². The third-order valence-corrected chi connectivity index (χ3v) is 1.41. The standard InChI is InChI=1S/C7H11N3O4/c1-2-13-7(12)5-9-6(14-10-5)4(11)3-8/h4,11H,2-3,8H2,1H3. The Balaban J connectivity index is 2.72. The predicted octanol–water partition coefficient (Wildman–Crippen LogP) is -0.762. The Labute approximate surface area is 79.9 Å². The molecule has 0 aromatic carbocycles. The fraction of sp³-hybridized carbons (Fsp3) is 0.571. The van der Waals surface area contributed by atoms with Crippen molar-refractivity contribution in [3.8, 4) is 0 Å². The molecule has 1 aromatic heterocycles. The Bertz CT molecular complexity index is 312. The first-order valence-electron chi connectivity index (χ1n) is 4.07. The first-order valence-corrected chi connectivity index (χ1v) is 4.07. The van der Waals surface area contributed by atoms with E-state index in [1.165, 1.54) is 0 Å². The number of hydrogen-bond acceptors (Lipinski definition) is 7. The van der Waals surface area contributed by atoms with E-state index in [1.807, 2.05) is 0 Å². The highest BCUT2D eigenvalue weighted by Gasteiger charge is 2.19. The minimum atomic E-state index is -1.05. The highest BCUT2D eigenvalue weighted by molar-refractivity contribution is 5.84. The van der Waals surface area contributed by atoms with E-state index in [0.29, 0.717) is 0 Å². The molecule has 0 spiro atoms. The lowest BCUT2D eigenvalue weighted by molar-refractivity contribution is 0.0508. The maximum Gasteiger partial charge on any atom is 0.379 e. The Morgan fingerprint density at radius 1 is 1.79 bits per heavy atom. The van der Waals surface area contributed by atoms with Crippen LogP contribution in [0, 0.1) is 0 Å². The summed E-state index contributed by atoms with van der Waals surface area (Å²) >= 11 is 0. The summed E-state index contributed by atoms with van der Waals surface area (Å²) in [5.74, 6) is -0.989. The molecule has 0 aliphatic carbocycles. The maximum atomic E-state index is 11.0. The van der Waals surface area contributed by atoms with Crippen LogP contribution >= 0.6 is 0 Å². The van der Waals surface area contributed by atoms with Gasteiger partial charge in [-0.3, -0.25) is 0 Å². The second-order valence-electron chi connectivity index (χ2n) is 2.43. The van der Waals surface area contributed by atoms with Gasteiger partial charge in [-0.25, -0.2) is 4.79 Å². The summed E-state index contributed by atoms with van der Waals surface area (Å²) in [6.07, 6.45) is -1.05. The lowest BCUT2D eigenvalue weighted by Crippen LogP contribution is -2.12. The molecule has 14 heavy (non-hydrogen) atoms. The first kappa shape index (κ1) is 10.6. The summed E-state index contributed by atoms with van der Waals surface area (Å²) in [4.78, 5) is 14.7. The van der Waals surface area contributed by atoms with E-state index in [2.05, 4.69) is 19.4 Å². The molecule has 7 heteroatoms. The van der Waals surface area contributed by atoms with E-state index in [-0.39, 0.29) is 24.9 Å². The molecule has 1 aromatic rings. The van der Waals surface area contributed by atoms with Crippen LogP contribution in [0.2, 0.25) is 0 Å². The molecule has 1 heterocycles. The van der Waals surface area contributed by atoms with Crippen LogP contribution < -0.4 is 5.73 Å². The van der Waals surface area contributed by atoms with Crippen molar-refractivity contribution in [2.45, 2.75) is 13.0 Å².